The molecule has 0 saturated carbocycles. The largest absolute Gasteiger partial charge is 0.399 e. The van der Waals surface area contributed by atoms with Gasteiger partial charge in [0, 0.05) is 21.8 Å². The predicted octanol–water partition coefficient (Wildman–Crippen LogP) is 3.73. The minimum absolute atomic E-state index is 0.0630. The molecule has 4 heteroatoms. The van der Waals surface area contributed by atoms with Crippen LogP contribution in [0.5, 0.6) is 0 Å². The Morgan fingerprint density at radius 2 is 2.11 bits per heavy atom. The first-order valence-electron chi connectivity index (χ1n) is 6.40. The first kappa shape index (κ1) is 15.0. The molecule has 100 valence electrons. The number of anilines is 1. The molecule has 0 aliphatic heterocycles. The van der Waals surface area contributed by atoms with Gasteiger partial charge in [-0.2, -0.15) is 0 Å². The second-order valence-electron chi connectivity index (χ2n) is 4.64. The number of nitrogens with two attached hydrogens (primary N) is 1. The van der Waals surface area contributed by atoms with Gasteiger partial charge in [0.15, 0.2) is 0 Å². The maximum atomic E-state index is 12.0. The Balaban J connectivity index is 2.54. The maximum Gasteiger partial charge on any atom is 0.251 e. The number of carbonyl (C=O) groups excluding carboxylic acids is 1. The van der Waals surface area contributed by atoms with Gasteiger partial charge < -0.3 is 11.1 Å². The van der Waals surface area contributed by atoms with Gasteiger partial charge in [0.1, 0.15) is 0 Å². The summed E-state index contributed by atoms with van der Waals surface area (Å²) in [6, 6.07) is 5.45. The van der Waals surface area contributed by atoms with Crippen molar-refractivity contribution in [3.8, 4) is 0 Å². The van der Waals surface area contributed by atoms with Gasteiger partial charge in [0.25, 0.3) is 5.91 Å². The van der Waals surface area contributed by atoms with E-state index in [1.807, 2.05) is 6.92 Å². The van der Waals surface area contributed by atoms with Crippen molar-refractivity contribution in [1.82, 2.24) is 5.32 Å². The Hall–Kier alpha value is -1.03. The Morgan fingerprint density at radius 3 is 2.72 bits per heavy atom. The summed E-state index contributed by atoms with van der Waals surface area (Å²) in [7, 11) is 0. The van der Waals surface area contributed by atoms with Crippen LogP contribution in [0.3, 0.4) is 0 Å². The van der Waals surface area contributed by atoms with Crippen LogP contribution in [0.4, 0.5) is 5.69 Å². The zero-order chi connectivity index (χ0) is 13.5. The summed E-state index contributed by atoms with van der Waals surface area (Å²) in [5, 5.41) is 2.99. The van der Waals surface area contributed by atoms with Crippen molar-refractivity contribution in [1.29, 1.82) is 0 Å². The Kier molecular flexibility index (Phi) is 6.19. The van der Waals surface area contributed by atoms with Crippen LogP contribution in [0.25, 0.3) is 0 Å². The topological polar surface area (TPSA) is 55.1 Å². The van der Waals surface area contributed by atoms with E-state index >= 15 is 0 Å². The summed E-state index contributed by atoms with van der Waals surface area (Å²) in [6.45, 7) is 4.21. The highest BCUT2D eigenvalue weighted by molar-refractivity contribution is 9.10. The van der Waals surface area contributed by atoms with E-state index in [0.717, 1.165) is 17.3 Å². The van der Waals surface area contributed by atoms with Crippen molar-refractivity contribution in [3.05, 3.63) is 28.2 Å². The van der Waals surface area contributed by atoms with Crippen molar-refractivity contribution >= 4 is 27.5 Å². The fourth-order valence-corrected chi connectivity index (χ4v) is 2.33. The number of amides is 1. The minimum Gasteiger partial charge on any atom is -0.399 e. The molecule has 3 N–H and O–H groups in total. The minimum atomic E-state index is -0.0630. The van der Waals surface area contributed by atoms with Gasteiger partial charge in [0.05, 0.1) is 0 Å². The number of nitrogens with one attached hydrogen (secondary N) is 1. The maximum absolute atomic E-state index is 12.0. The highest BCUT2D eigenvalue weighted by Gasteiger charge is 2.10. The average molecular weight is 313 g/mol. The molecule has 1 aromatic rings. The van der Waals surface area contributed by atoms with Crippen LogP contribution in [0.2, 0.25) is 0 Å². The third-order valence-electron chi connectivity index (χ3n) is 2.80. The summed E-state index contributed by atoms with van der Waals surface area (Å²) in [4.78, 5) is 12.0. The number of unbranched alkanes of at least 4 members (excludes halogenated alkanes) is 2. The second-order valence-corrected chi connectivity index (χ2v) is 5.56. The normalized spacial score (nSPS) is 12.2. The van der Waals surface area contributed by atoms with Crippen LogP contribution in [0.1, 0.15) is 49.9 Å². The van der Waals surface area contributed by atoms with E-state index in [1.54, 1.807) is 18.2 Å². The quantitative estimate of drug-likeness (QED) is 0.621. The molecule has 1 aromatic carbocycles. The van der Waals surface area contributed by atoms with Gasteiger partial charge in [0.2, 0.25) is 0 Å². The number of carbonyl (C=O) groups is 1. The summed E-state index contributed by atoms with van der Waals surface area (Å²) in [6.07, 6.45) is 4.58. The van der Waals surface area contributed by atoms with Crippen LogP contribution >= 0.6 is 15.9 Å². The number of nitrogen functional groups attached to an aromatic ring is 1. The number of hydrogen-bond acceptors (Lipinski definition) is 2. The molecule has 1 atom stereocenters. The van der Waals surface area contributed by atoms with Gasteiger partial charge in [-0.3, -0.25) is 4.79 Å². The van der Waals surface area contributed by atoms with E-state index in [2.05, 4.69) is 28.2 Å². The van der Waals surface area contributed by atoms with Crippen LogP contribution in [-0.2, 0) is 0 Å². The third-order valence-corrected chi connectivity index (χ3v) is 3.26. The van der Waals surface area contributed by atoms with Gasteiger partial charge in [-0.25, -0.2) is 0 Å². The van der Waals surface area contributed by atoms with Crippen molar-refractivity contribution in [3.63, 3.8) is 0 Å². The summed E-state index contributed by atoms with van der Waals surface area (Å²) in [5.74, 6) is -0.0630. The lowest BCUT2D eigenvalue weighted by Crippen LogP contribution is -2.32. The average Bonchev–Trinajstić information content (AvgIpc) is 2.28. The predicted molar refractivity (Wildman–Crippen MR) is 79.6 cm³/mol. The Bertz CT molecular complexity index is 387. The number of hydrogen-bond donors (Lipinski definition) is 2. The van der Waals surface area contributed by atoms with Gasteiger partial charge in [-0.05, 0) is 31.5 Å². The van der Waals surface area contributed by atoms with Crippen LogP contribution in [0.15, 0.2) is 22.7 Å². The molecule has 0 radical (unpaired) electrons. The number of halogens is 1. The first-order valence-corrected chi connectivity index (χ1v) is 7.19. The standard InChI is InChI=1S/C14H21BrN2O/c1-3-4-5-6-10(2)17-14(18)11-7-12(15)9-13(16)8-11/h7-10H,3-6,16H2,1-2H3,(H,17,18). The zero-order valence-corrected chi connectivity index (χ0v) is 12.6. The van der Waals surface area contributed by atoms with Crippen molar-refractivity contribution in [2.45, 2.75) is 45.6 Å². The van der Waals surface area contributed by atoms with Crippen LogP contribution in [-0.4, -0.2) is 11.9 Å². The molecule has 0 bridgehead atoms. The Labute approximate surface area is 117 Å². The van der Waals surface area contributed by atoms with Gasteiger partial charge >= 0.3 is 0 Å². The lowest BCUT2D eigenvalue weighted by molar-refractivity contribution is 0.0938. The summed E-state index contributed by atoms with van der Waals surface area (Å²) in [5.41, 5.74) is 6.91. The molecule has 0 spiro atoms. The first-order chi connectivity index (χ1) is 8.52. The van der Waals surface area contributed by atoms with Crippen molar-refractivity contribution < 1.29 is 4.79 Å². The molecule has 0 aromatic heterocycles. The highest BCUT2D eigenvalue weighted by atomic mass is 79.9. The van der Waals surface area contributed by atoms with E-state index in [-0.39, 0.29) is 11.9 Å². The van der Waals surface area contributed by atoms with E-state index in [9.17, 15) is 4.79 Å². The molecule has 3 nitrogen and oxygen atoms in total. The smallest absolute Gasteiger partial charge is 0.251 e. The fourth-order valence-electron chi connectivity index (χ4n) is 1.82. The third kappa shape index (κ3) is 5.08. The van der Waals surface area contributed by atoms with E-state index in [1.165, 1.54) is 12.8 Å². The van der Waals surface area contributed by atoms with Crippen molar-refractivity contribution in [2.24, 2.45) is 0 Å². The highest BCUT2D eigenvalue weighted by Crippen LogP contribution is 2.17. The van der Waals surface area contributed by atoms with Crippen LogP contribution < -0.4 is 11.1 Å². The van der Waals surface area contributed by atoms with Gasteiger partial charge in [-0.1, -0.05) is 42.1 Å². The van der Waals surface area contributed by atoms with E-state index in [0.29, 0.717) is 11.3 Å². The molecule has 1 rings (SSSR count). The monoisotopic (exact) mass is 312 g/mol. The molecule has 0 aliphatic carbocycles. The number of rotatable bonds is 6. The molecule has 1 amide bonds. The molecule has 0 fully saturated rings. The second kappa shape index (κ2) is 7.41. The molecular formula is C14H21BrN2O. The van der Waals surface area contributed by atoms with Crippen LogP contribution in [0, 0.1) is 0 Å². The fraction of sp³-hybridized carbons (Fsp3) is 0.500. The zero-order valence-electron chi connectivity index (χ0n) is 11.0. The van der Waals surface area contributed by atoms with E-state index < -0.39 is 0 Å². The number of benzene rings is 1. The van der Waals surface area contributed by atoms with E-state index in [4.69, 9.17) is 5.73 Å². The van der Waals surface area contributed by atoms with Gasteiger partial charge in [-0.15, -0.1) is 0 Å². The summed E-state index contributed by atoms with van der Waals surface area (Å²) >= 11 is 3.34. The molecule has 0 aliphatic rings. The lowest BCUT2D eigenvalue weighted by atomic mass is 10.1. The molecule has 18 heavy (non-hydrogen) atoms. The molecule has 1 unspecified atom stereocenters. The Morgan fingerprint density at radius 1 is 1.39 bits per heavy atom. The van der Waals surface area contributed by atoms with Crippen molar-refractivity contribution in [2.75, 3.05) is 5.73 Å². The molecule has 0 heterocycles. The SMILES string of the molecule is CCCCCC(C)NC(=O)c1cc(N)cc(Br)c1. The molecule has 0 saturated heterocycles. The lowest BCUT2D eigenvalue weighted by Gasteiger charge is -2.14. The molecular weight excluding hydrogens is 292 g/mol. The summed E-state index contributed by atoms with van der Waals surface area (Å²) < 4.78 is 0.825.